The van der Waals surface area contributed by atoms with Crippen molar-refractivity contribution in [1.29, 1.82) is 0 Å². The molecule has 0 aliphatic heterocycles. The van der Waals surface area contributed by atoms with Gasteiger partial charge in [-0.2, -0.15) is 5.10 Å². The van der Waals surface area contributed by atoms with Gasteiger partial charge in [-0.1, -0.05) is 58.4 Å². The van der Waals surface area contributed by atoms with Crippen molar-refractivity contribution in [1.82, 2.24) is 9.99 Å². The van der Waals surface area contributed by atoms with Crippen LogP contribution in [0.2, 0.25) is 0 Å². The molecule has 8 heteroatoms. The number of benzene rings is 4. The lowest BCUT2D eigenvalue weighted by Crippen LogP contribution is -2.17. The van der Waals surface area contributed by atoms with E-state index in [1.165, 1.54) is 0 Å². The number of hydrogen-bond acceptors (Lipinski definition) is 4. The van der Waals surface area contributed by atoms with Gasteiger partial charge in [-0.05, 0) is 114 Å². The fourth-order valence-corrected chi connectivity index (χ4v) is 5.55. The average molecular weight is 734 g/mol. The summed E-state index contributed by atoms with van der Waals surface area (Å²) >= 11 is 5.68. The van der Waals surface area contributed by atoms with Crippen LogP contribution in [0.4, 0.5) is 0 Å². The summed E-state index contributed by atoms with van der Waals surface area (Å²) in [6, 6.07) is 33.8. The molecular formula is C34H29BrIN3O3. The first kappa shape index (κ1) is 29.6. The van der Waals surface area contributed by atoms with Gasteiger partial charge in [-0.3, -0.25) is 4.79 Å². The maximum Gasteiger partial charge on any atom is 0.271 e. The van der Waals surface area contributed by atoms with Gasteiger partial charge in [0.1, 0.15) is 6.61 Å². The molecule has 0 radical (unpaired) electrons. The van der Waals surface area contributed by atoms with Crippen LogP contribution in [0, 0.1) is 10.5 Å². The number of carbonyl (C=O) groups is 1. The minimum atomic E-state index is -0.292. The van der Waals surface area contributed by atoms with Gasteiger partial charge in [0.2, 0.25) is 0 Å². The van der Waals surface area contributed by atoms with Crippen molar-refractivity contribution in [3.05, 3.63) is 134 Å². The molecule has 1 aromatic heterocycles. The molecule has 0 saturated heterocycles. The molecule has 0 aliphatic carbocycles. The van der Waals surface area contributed by atoms with Crippen LogP contribution in [0.1, 0.15) is 34.1 Å². The Morgan fingerprint density at radius 3 is 2.40 bits per heavy atom. The average Bonchev–Trinajstić information content (AvgIpc) is 3.39. The molecule has 0 atom stereocenters. The van der Waals surface area contributed by atoms with E-state index in [2.05, 4.69) is 84.8 Å². The maximum atomic E-state index is 12.8. The van der Waals surface area contributed by atoms with Crippen molar-refractivity contribution < 1.29 is 14.3 Å². The molecule has 0 spiro atoms. The lowest BCUT2D eigenvalue weighted by Gasteiger charge is -2.15. The van der Waals surface area contributed by atoms with Crippen LogP contribution >= 0.6 is 38.5 Å². The second kappa shape index (κ2) is 13.8. The largest absolute Gasteiger partial charge is 0.490 e. The zero-order valence-corrected chi connectivity index (χ0v) is 26.9. The summed E-state index contributed by atoms with van der Waals surface area (Å²) in [6.07, 6.45) is 1.60. The molecular weight excluding hydrogens is 705 g/mol. The summed E-state index contributed by atoms with van der Waals surface area (Å²) in [5, 5.41) is 4.20. The summed E-state index contributed by atoms with van der Waals surface area (Å²) in [6.45, 7) is 4.91. The first-order chi connectivity index (χ1) is 20.4. The van der Waals surface area contributed by atoms with Crippen molar-refractivity contribution in [3.8, 4) is 28.4 Å². The van der Waals surface area contributed by atoms with Crippen LogP contribution in [0.25, 0.3) is 16.9 Å². The van der Waals surface area contributed by atoms with E-state index in [0.717, 1.165) is 41.8 Å². The lowest BCUT2D eigenvalue weighted by molar-refractivity contribution is 0.0955. The molecule has 0 bridgehead atoms. The molecule has 0 unspecified atom stereocenters. The van der Waals surface area contributed by atoms with E-state index >= 15 is 0 Å². The fourth-order valence-electron chi connectivity index (χ4n) is 4.51. The van der Waals surface area contributed by atoms with Crippen molar-refractivity contribution in [3.63, 3.8) is 0 Å². The molecule has 212 valence electrons. The smallest absolute Gasteiger partial charge is 0.271 e. The van der Waals surface area contributed by atoms with Crippen LogP contribution in [0.5, 0.6) is 11.5 Å². The molecule has 0 fully saturated rings. The molecule has 4 aromatic carbocycles. The van der Waals surface area contributed by atoms with E-state index in [9.17, 15) is 4.79 Å². The van der Waals surface area contributed by atoms with E-state index in [-0.39, 0.29) is 5.91 Å². The lowest BCUT2D eigenvalue weighted by atomic mass is 10.1. The number of aromatic nitrogens is 1. The third-order valence-corrected chi connectivity index (χ3v) is 7.87. The van der Waals surface area contributed by atoms with Crippen LogP contribution in [-0.4, -0.2) is 23.3 Å². The first-order valence-electron chi connectivity index (χ1n) is 13.4. The van der Waals surface area contributed by atoms with Gasteiger partial charge in [0.05, 0.1) is 22.1 Å². The van der Waals surface area contributed by atoms with E-state index in [4.69, 9.17) is 9.47 Å². The Morgan fingerprint density at radius 2 is 1.69 bits per heavy atom. The number of halogens is 2. The highest BCUT2D eigenvalue weighted by atomic mass is 127. The minimum Gasteiger partial charge on any atom is -0.490 e. The molecule has 0 saturated carbocycles. The molecule has 1 N–H and O–H groups in total. The van der Waals surface area contributed by atoms with Gasteiger partial charge in [-0.25, -0.2) is 5.43 Å². The number of hydrogen-bond donors (Lipinski definition) is 1. The number of amides is 1. The van der Waals surface area contributed by atoms with Crippen molar-refractivity contribution in [2.24, 2.45) is 5.10 Å². The monoisotopic (exact) mass is 733 g/mol. The number of rotatable bonds is 10. The second-order valence-electron chi connectivity index (χ2n) is 9.49. The quantitative estimate of drug-likeness (QED) is 0.0889. The van der Waals surface area contributed by atoms with Gasteiger partial charge in [0.25, 0.3) is 5.91 Å². The summed E-state index contributed by atoms with van der Waals surface area (Å²) in [7, 11) is 0. The summed E-state index contributed by atoms with van der Waals surface area (Å²) in [4.78, 5) is 12.8. The van der Waals surface area contributed by atoms with Crippen molar-refractivity contribution in [2.45, 2.75) is 20.5 Å². The van der Waals surface area contributed by atoms with E-state index < -0.39 is 0 Å². The predicted octanol–water partition coefficient (Wildman–Crippen LogP) is 8.56. The highest BCUT2D eigenvalue weighted by Gasteiger charge is 2.13. The van der Waals surface area contributed by atoms with Gasteiger partial charge >= 0.3 is 0 Å². The van der Waals surface area contributed by atoms with Crippen LogP contribution < -0.4 is 14.9 Å². The van der Waals surface area contributed by atoms with E-state index in [1.54, 1.807) is 6.21 Å². The van der Waals surface area contributed by atoms with Gasteiger partial charge in [0, 0.05) is 21.4 Å². The third-order valence-electron chi connectivity index (χ3n) is 6.54. The number of nitrogens with one attached hydrogen (secondary N) is 1. The first-order valence-corrected chi connectivity index (χ1v) is 15.3. The van der Waals surface area contributed by atoms with Crippen molar-refractivity contribution >= 4 is 50.6 Å². The fraction of sp³-hybridized carbons (Fsp3) is 0.118. The van der Waals surface area contributed by atoms with E-state index in [1.807, 2.05) is 85.8 Å². The zero-order valence-electron chi connectivity index (χ0n) is 23.2. The van der Waals surface area contributed by atoms with Crippen LogP contribution in [0.15, 0.2) is 113 Å². The minimum absolute atomic E-state index is 0.292. The second-order valence-corrected chi connectivity index (χ2v) is 11.6. The summed E-state index contributed by atoms with van der Waals surface area (Å²) < 4.78 is 16.1. The molecule has 1 amide bonds. The predicted molar refractivity (Wildman–Crippen MR) is 180 cm³/mol. The SMILES string of the molecule is CCOc1cc(/C=N/NC(=O)c2ccc(-n3c(C)ccc3-c3ccccc3)cc2)cc(I)c1OCc1ccc(Br)cc1. The molecule has 5 rings (SSSR count). The van der Waals surface area contributed by atoms with Gasteiger partial charge in [0.15, 0.2) is 11.5 Å². The zero-order chi connectivity index (χ0) is 29.5. The third kappa shape index (κ3) is 7.11. The Balaban J connectivity index is 1.26. The normalized spacial score (nSPS) is 11.0. The number of ether oxygens (including phenoxy) is 2. The van der Waals surface area contributed by atoms with E-state index in [0.29, 0.717) is 30.3 Å². The number of carbonyl (C=O) groups excluding carboxylic acids is 1. The van der Waals surface area contributed by atoms with Crippen LogP contribution in [0.3, 0.4) is 0 Å². The molecule has 1 heterocycles. The molecule has 5 aromatic rings. The van der Waals surface area contributed by atoms with Crippen molar-refractivity contribution in [2.75, 3.05) is 6.61 Å². The maximum absolute atomic E-state index is 12.8. The van der Waals surface area contributed by atoms with Crippen LogP contribution in [-0.2, 0) is 6.61 Å². The molecule has 0 aliphatic rings. The Morgan fingerprint density at radius 1 is 0.952 bits per heavy atom. The summed E-state index contributed by atoms with van der Waals surface area (Å²) in [5.74, 6) is 1.01. The summed E-state index contributed by atoms with van der Waals surface area (Å²) in [5.41, 5.74) is 9.31. The number of hydrazone groups is 1. The Hall–Kier alpha value is -3.89. The topological polar surface area (TPSA) is 64.8 Å². The molecule has 6 nitrogen and oxygen atoms in total. The standard InChI is InChI=1S/C34H29BrIN3O3/c1-3-41-32-20-25(19-30(36)33(32)42-22-24-10-14-28(35)15-11-24)21-37-38-34(40)27-12-16-29(17-13-27)39-23(2)9-18-31(39)26-7-5-4-6-8-26/h4-21H,3,22H2,1-2H3,(H,38,40)/b37-21+. The number of nitrogens with zero attached hydrogens (tertiary/aromatic N) is 2. The number of aryl methyl sites for hydroxylation is 1. The Bertz CT molecular complexity index is 1700. The highest BCUT2D eigenvalue weighted by Crippen LogP contribution is 2.34. The van der Waals surface area contributed by atoms with Gasteiger partial charge in [-0.15, -0.1) is 0 Å². The Kier molecular flexibility index (Phi) is 9.76. The Labute approximate surface area is 267 Å². The highest BCUT2D eigenvalue weighted by molar-refractivity contribution is 14.1. The molecule has 42 heavy (non-hydrogen) atoms. The van der Waals surface area contributed by atoms with Gasteiger partial charge < -0.3 is 14.0 Å².